The van der Waals surface area contributed by atoms with Crippen molar-refractivity contribution in [2.24, 2.45) is 5.92 Å². The molecule has 1 fully saturated rings. The number of aryl methyl sites for hydroxylation is 1. The topological polar surface area (TPSA) is 81.2 Å². The van der Waals surface area contributed by atoms with Gasteiger partial charge in [0.2, 0.25) is 0 Å². The molecule has 0 radical (unpaired) electrons. The molecule has 1 N–H and O–H groups in total. The predicted octanol–water partition coefficient (Wildman–Crippen LogP) is 1.08. The van der Waals surface area contributed by atoms with Crippen molar-refractivity contribution < 1.29 is 8.76 Å². The van der Waals surface area contributed by atoms with Crippen molar-refractivity contribution in [1.29, 1.82) is 0 Å². The summed E-state index contributed by atoms with van der Waals surface area (Å²) in [6.45, 7) is 6.55. The maximum Gasteiger partial charge on any atom is 0.135 e. The molecule has 1 aromatic heterocycles. The molecule has 0 bridgehead atoms. The first-order valence-electron chi connectivity index (χ1n) is 6.94. The van der Waals surface area contributed by atoms with E-state index < -0.39 is 11.3 Å². The van der Waals surface area contributed by atoms with Gasteiger partial charge in [-0.3, -0.25) is 4.21 Å². The first-order valence-corrected chi connectivity index (χ1v) is 8.01. The lowest BCUT2D eigenvalue weighted by Crippen LogP contribution is -2.35. The van der Waals surface area contributed by atoms with Crippen LogP contribution in [0, 0.1) is 19.8 Å². The average molecular weight is 297 g/mol. The van der Waals surface area contributed by atoms with E-state index in [2.05, 4.69) is 26.5 Å². The van der Waals surface area contributed by atoms with Crippen LogP contribution in [-0.4, -0.2) is 38.4 Å². The fourth-order valence-corrected chi connectivity index (χ4v) is 2.91. The number of nitrogens with zero attached hydrogens (tertiary/aromatic N) is 3. The number of piperidine rings is 1. The van der Waals surface area contributed by atoms with E-state index in [0.717, 1.165) is 49.4 Å². The predicted molar refractivity (Wildman–Crippen MR) is 78.0 cm³/mol. The molecule has 1 unspecified atom stereocenters. The van der Waals surface area contributed by atoms with Gasteiger partial charge in [-0.1, -0.05) is 0 Å². The molecule has 1 saturated heterocycles. The zero-order valence-electron chi connectivity index (χ0n) is 12.0. The molecule has 1 atom stereocenters. The van der Waals surface area contributed by atoms with Gasteiger partial charge in [0, 0.05) is 42.2 Å². The Morgan fingerprint density at radius 3 is 2.75 bits per heavy atom. The van der Waals surface area contributed by atoms with Crippen LogP contribution < -0.4 is 9.62 Å². The maximum absolute atomic E-state index is 10.4. The molecule has 1 aromatic rings. The lowest BCUT2D eigenvalue weighted by atomic mass is 9.93. The van der Waals surface area contributed by atoms with Crippen molar-refractivity contribution >= 4 is 17.1 Å². The summed E-state index contributed by atoms with van der Waals surface area (Å²) >= 11 is -2.14. The van der Waals surface area contributed by atoms with E-state index in [0.29, 0.717) is 12.5 Å². The summed E-state index contributed by atoms with van der Waals surface area (Å²) in [5.74, 6) is 1.63. The van der Waals surface area contributed by atoms with Crippen LogP contribution in [0.5, 0.6) is 0 Å². The van der Waals surface area contributed by atoms with Crippen LogP contribution in [0.25, 0.3) is 0 Å². The van der Waals surface area contributed by atoms with E-state index in [1.165, 1.54) is 0 Å². The van der Waals surface area contributed by atoms with Gasteiger partial charge in [0.15, 0.2) is 0 Å². The molecular formula is C13H21N4O2S-. The highest BCUT2D eigenvalue weighted by Crippen LogP contribution is 2.26. The van der Waals surface area contributed by atoms with E-state index in [-0.39, 0.29) is 0 Å². The van der Waals surface area contributed by atoms with Gasteiger partial charge >= 0.3 is 0 Å². The van der Waals surface area contributed by atoms with Gasteiger partial charge in [0.1, 0.15) is 12.1 Å². The highest BCUT2D eigenvalue weighted by atomic mass is 32.2. The van der Waals surface area contributed by atoms with Crippen LogP contribution >= 0.6 is 0 Å². The maximum atomic E-state index is 10.4. The van der Waals surface area contributed by atoms with Gasteiger partial charge in [-0.2, -0.15) is 0 Å². The minimum atomic E-state index is -2.14. The Morgan fingerprint density at radius 1 is 1.40 bits per heavy atom. The van der Waals surface area contributed by atoms with Crippen LogP contribution in [0.15, 0.2) is 6.33 Å². The second-order valence-electron chi connectivity index (χ2n) is 5.26. The first kappa shape index (κ1) is 15.3. The summed E-state index contributed by atoms with van der Waals surface area (Å²) < 4.78 is 23.3. The number of anilines is 1. The zero-order valence-corrected chi connectivity index (χ0v) is 12.8. The molecule has 1 aliphatic heterocycles. The Kier molecular flexibility index (Phi) is 5.45. The largest absolute Gasteiger partial charge is 0.760 e. The standard InChI is InChI=1S/C13H22N4O2S/c1-10-11(2)14-9-15-13(10)17-7-4-12(5-8-17)3-6-16-20(18)19/h9,12,16H,3-8H2,1-2H3,(H,18,19)/p-1. The van der Waals surface area contributed by atoms with Crippen molar-refractivity contribution in [3.63, 3.8) is 0 Å². The lowest BCUT2D eigenvalue weighted by molar-refractivity contribution is 0.379. The molecule has 2 rings (SSSR count). The van der Waals surface area contributed by atoms with Crippen molar-refractivity contribution in [3.8, 4) is 0 Å². The molecule has 6 nitrogen and oxygen atoms in total. The third-order valence-electron chi connectivity index (χ3n) is 4.00. The highest BCUT2D eigenvalue weighted by Gasteiger charge is 2.21. The monoisotopic (exact) mass is 297 g/mol. The van der Waals surface area contributed by atoms with Crippen molar-refractivity contribution in [2.75, 3.05) is 24.5 Å². The van der Waals surface area contributed by atoms with Gasteiger partial charge in [0.25, 0.3) is 0 Å². The van der Waals surface area contributed by atoms with Crippen molar-refractivity contribution in [2.45, 2.75) is 33.1 Å². The molecule has 7 heteroatoms. The van der Waals surface area contributed by atoms with E-state index in [4.69, 9.17) is 0 Å². The summed E-state index contributed by atoms with van der Waals surface area (Å²) in [6, 6.07) is 0. The number of nitrogens with one attached hydrogen (secondary N) is 1. The molecule has 0 aromatic carbocycles. The molecule has 0 aliphatic carbocycles. The van der Waals surface area contributed by atoms with Gasteiger partial charge in [0.05, 0.1) is 0 Å². The average Bonchev–Trinajstić information content (AvgIpc) is 2.42. The molecule has 112 valence electrons. The zero-order chi connectivity index (χ0) is 14.5. The third-order valence-corrected chi connectivity index (χ3v) is 4.44. The van der Waals surface area contributed by atoms with Gasteiger partial charge < -0.3 is 9.45 Å². The summed E-state index contributed by atoms with van der Waals surface area (Å²) in [6.07, 6.45) is 4.69. The molecule has 0 amide bonds. The lowest BCUT2D eigenvalue weighted by Gasteiger charge is -2.33. The second kappa shape index (κ2) is 7.10. The minimum absolute atomic E-state index is 0.534. The Labute approximate surface area is 122 Å². The Bertz CT molecular complexity index is 475. The normalized spacial score (nSPS) is 18.2. The van der Waals surface area contributed by atoms with Crippen LogP contribution in [0.2, 0.25) is 0 Å². The molecule has 0 saturated carbocycles. The molecule has 2 heterocycles. The summed E-state index contributed by atoms with van der Waals surface area (Å²) in [4.78, 5) is 10.9. The number of rotatable bonds is 5. The van der Waals surface area contributed by atoms with Crippen LogP contribution in [0.3, 0.4) is 0 Å². The van der Waals surface area contributed by atoms with E-state index in [9.17, 15) is 8.76 Å². The minimum Gasteiger partial charge on any atom is -0.760 e. The quantitative estimate of drug-likeness (QED) is 0.823. The molecule has 20 heavy (non-hydrogen) atoms. The fraction of sp³-hybridized carbons (Fsp3) is 0.692. The second-order valence-corrected chi connectivity index (χ2v) is 6.01. The van der Waals surface area contributed by atoms with Gasteiger partial charge in [-0.25, -0.2) is 14.7 Å². The SMILES string of the molecule is Cc1ncnc(N2CCC(CCNS(=O)[O-])CC2)c1C. The molecule has 0 spiro atoms. The first-order chi connectivity index (χ1) is 9.58. The molecule has 1 aliphatic rings. The van der Waals surface area contributed by atoms with Gasteiger partial charge in [-0.15, -0.1) is 0 Å². The van der Waals surface area contributed by atoms with E-state index in [1.807, 2.05) is 6.92 Å². The number of hydrogen-bond acceptors (Lipinski definition) is 5. The Morgan fingerprint density at radius 2 is 2.10 bits per heavy atom. The van der Waals surface area contributed by atoms with Crippen LogP contribution in [-0.2, 0) is 11.3 Å². The molecular weight excluding hydrogens is 276 g/mol. The highest BCUT2D eigenvalue weighted by molar-refractivity contribution is 7.77. The van der Waals surface area contributed by atoms with Crippen molar-refractivity contribution in [1.82, 2.24) is 14.7 Å². The smallest absolute Gasteiger partial charge is 0.135 e. The summed E-state index contributed by atoms with van der Waals surface area (Å²) in [5.41, 5.74) is 2.17. The Hall–Kier alpha value is -1.05. The fourth-order valence-electron chi connectivity index (χ4n) is 2.62. The van der Waals surface area contributed by atoms with E-state index in [1.54, 1.807) is 6.33 Å². The Balaban J connectivity index is 1.85. The van der Waals surface area contributed by atoms with E-state index >= 15 is 0 Å². The third kappa shape index (κ3) is 3.97. The number of aromatic nitrogens is 2. The summed E-state index contributed by atoms with van der Waals surface area (Å²) in [7, 11) is 0. The van der Waals surface area contributed by atoms with Crippen LogP contribution in [0.1, 0.15) is 30.5 Å². The number of hydrogen-bond donors (Lipinski definition) is 1. The summed E-state index contributed by atoms with van der Waals surface area (Å²) in [5, 5.41) is 0. The van der Waals surface area contributed by atoms with Crippen molar-refractivity contribution in [3.05, 3.63) is 17.6 Å². The van der Waals surface area contributed by atoms with Gasteiger partial charge in [-0.05, 0) is 39.0 Å². The van der Waals surface area contributed by atoms with Crippen LogP contribution in [0.4, 0.5) is 5.82 Å².